The van der Waals surface area contributed by atoms with Crippen molar-refractivity contribution in [2.45, 2.75) is 13.8 Å². The number of aryl methyl sites for hydroxylation is 2. The molecule has 0 aliphatic heterocycles. The van der Waals surface area contributed by atoms with Crippen molar-refractivity contribution >= 4 is 23.3 Å². The predicted octanol–water partition coefficient (Wildman–Crippen LogP) is 1.61. The van der Waals surface area contributed by atoms with E-state index in [0.717, 1.165) is 11.4 Å². The van der Waals surface area contributed by atoms with Crippen molar-refractivity contribution in [1.29, 1.82) is 5.26 Å². The molecule has 1 unspecified atom stereocenters. The second-order valence-electron chi connectivity index (χ2n) is 4.88. The molecule has 0 bridgehead atoms. The summed E-state index contributed by atoms with van der Waals surface area (Å²) in [5, 5.41) is 15.7. The summed E-state index contributed by atoms with van der Waals surface area (Å²) in [4.78, 5) is 28.2. The Morgan fingerprint density at radius 1 is 1.39 bits per heavy atom. The number of ketones is 1. The highest BCUT2D eigenvalue weighted by atomic mass is 35.5. The number of nitriles is 1. The summed E-state index contributed by atoms with van der Waals surface area (Å²) in [6.45, 7) is 3.68. The molecule has 7 nitrogen and oxygen atoms in total. The van der Waals surface area contributed by atoms with Crippen LogP contribution >= 0.6 is 11.6 Å². The second-order valence-corrected chi connectivity index (χ2v) is 5.29. The Balaban J connectivity index is 2.50. The number of carbonyl (C=O) groups is 2. The predicted molar refractivity (Wildman–Crippen MR) is 83.3 cm³/mol. The Morgan fingerprint density at radius 2 is 2.09 bits per heavy atom. The van der Waals surface area contributed by atoms with Gasteiger partial charge in [0.2, 0.25) is 11.7 Å². The first-order valence-electron chi connectivity index (χ1n) is 6.74. The minimum Gasteiger partial charge on any atom is -0.358 e. The molecule has 1 amide bonds. The molecule has 2 rings (SSSR count). The minimum absolute atomic E-state index is 0.0736. The first-order chi connectivity index (χ1) is 10.9. The lowest BCUT2D eigenvalue weighted by atomic mass is 10.0. The van der Waals surface area contributed by atoms with Gasteiger partial charge >= 0.3 is 0 Å². The van der Waals surface area contributed by atoms with Gasteiger partial charge < -0.3 is 5.32 Å². The summed E-state index contributed by atoms with van der Waals surface area (Å²) >= 11 is 6.02. The quantitative estimate of drug-likeness (QED) is 0.677. The van der Waals surface area contributed by atoms with Crippen LogP contribution < -0.4 is 5.32 Å². The number of halogens is 1. The summed E-state index contributed by atoms with van der Waals surface area (Å²) in [6, 6.07) is 6.63. The highest BCUT2D eigenvalue weighted by molar-refractivity contribution is 6.34. The van der Waals surface area contributed by atoms with Crippen molar-refractivity contribution in [1.82, 2.24) is 20.1 Å². The van der Waals surface area contributed by atoms with Gasteiger partial charge in [0.1, 0.15) is 5.69 Å². The number of nitrogens with zero attached hydrogens (tertiary/aromatic N) is 4. The molecule has 8 heteroatoms. The third kappa shape index (κ3) is 3.22. The van der Waals surface area contributed by atoms with Gasteiger partial charge in [0.05, 0.1) is 16.8 Å². The number of rotatable bonds is 4. The van der Waals surface area contributed by atoms with E-state index in [-0.39, 0.29) is 10.7 Å². The molecule has 1 N–H and O–H groups in total. The summed E-state index contributed by atoms with van der Waals surface area (Å²) in [6.07, 6.45) is 0. The Morgan fingerprint density at radius 3 is 2.61 bits per heavy atom. The topological polar surface area (TPSA) is 101 Å². The summed E-state index contributed by atoms with van der Waals surface area (Å²) in [5.74, 6) is -2.57. The SMILES string of the molecule is CNC(=O)C(C#N)C(=O)c1nc(-n2nc(C)cc2C)ccc1Cl. The molecule has 1 atom stereocenters. The van der Waals surface area contributed by atoms with E-state index in [1.54, 1.807) is 16.8 Å². The molecule has 0 spiro atoms. The summed E-state index contributed by atoms with van der Waals surface area (Å²) in [5.41, 5.74) is 1.50. The number of hydrogen-bond acceptors (Lipinski definition) is 5. The molecule has 2 aromatic rings. The van der Waals surface area contributed by atoms with Crippen molar-refractivity contribution in [2.75, 3.05) is 7.05 Å². The number of Topliss-reactive ketones (excluding diaryl/α,β-unsaturated/α-hetero) is 1. The fourth-order valence-electron chi connectivity index (χ4n) is 2.10. The van der Waals surface area contributed by atoms with Crippen molar-refractivity contribution in [3.8, 4) is 11.9 Å². The van der Waals surface area contributed by atoms with Gasteiger partial charge in [-0.05, 0) is 32.0 Å². The minimum atomic E-state index is -1.50. The lowest BCUT2D eigenvalue weighted by Crippen LogP contribution is -2.32. The molecule has 2 aromatic heterocycles. The summed E-state index contributed by atoms with van der Waals surface area (Å²) < 4.78 is 1.56. The van der Waals surface area contributed by atoms with E-state index < -0.39 is 17.6 Å². The van der Waals surface area contributed by atoms with Gasteiger partial charge in [-0.1, -0.05) is 11.6 Å². The molecule has 0 radical (unpaired) electrons. The fraction of sp³-hybridized carbons (Fsp3) is 0.267. The van der Waals surface area contributed by atoms with Crippen LogP contribution in [0.1, 0.15) is 21.9 Å². The lowest BCUT2D eigenvalue weighted by molar-refractivity contribution is -0.121. The van der Waals surface area contributed by atoms with Crippen LogP contribution in [0.25, 0.3) is 5.82 Å². The van der Waals surface area contributed by atoms with Gasteiger partial charge in [-0.2, -0.15) is 10.4 Å². The zero-order valence-electron chi connectivity index (χ0n) is 12.8. The maximum Gasteiger partial charge on any atom is 0.245 e. The van der Waals surface area contributed by atoms with Crippen molar-refractivity contribution in [3.05, 3.63) is 40.3 Å². The van der Waals surface area contributed by atoms with E-state index in [1.807, 2.05) is 19.9 Å². The number of pyridine rings is 1. The second kappa shape index (κ2) is 6.58. The molecular formula is C15H14ClN5O2. The van der Waals surface area contributed by atoms with E-state index >= 15 is 0 Å². The number of carbonyl (C=O) groups excluding carboxylic acids is 2. The molecule has 2 heterocycles. The molecule has 0 aromatic carbocycles. The zero-order valence-corrected chi connectivity index (χ0v) is 13.5. The van der Waals surface area contributed by atoms with Gasteiger partial charge in [-0.3, -0.25) is 9.59 Å². The Hall–Kier alpha value is -2.72. The summed E-state index contributed by atoms with van der Waals surface area (Å²) in [7, 11) is 1.35. The van der Waals surface area contributed by atoms with Crippen molar-refractivity contribution in [3.63, 3.8) is 0 Å². The highest BCUT2D eigenvalue weighted by Gasteiger charge is 2.29. The Labute approximate surface area is 137 Å². The monoisotopic (exact) mass is 331 g/mol. The lowest BCUT2D eigenvalue weighted by Gasteiger charge is -2.10. The third-order valence-corrected chi connectivity index (χ3v) is 3.50. The average Bonchev–Trinajstić information content (AvgIpc) is 2.86. The van der Waals surface area contributed by atoms with E-state index in [2.05, 4.69) is 15.4 Å². The standard InChI is InChI=1S/C15H14ClN5O2/c1-8-6-9(2)21(20-8)12-5-4-11(16)13(19-12)14(22)10(7-17)15(23)18-3/h4-6,10H,1-3H3,(H,18,23). The number of nitrogens with one attached hydrogen (secondary N) is 1. The fourth-order valence-corrected chi connectivity index (χ4v) is 2.30. The molecule has 118 valence electrons. The van der Waals surface area contributed by atoms with Crippen LogP contribution in [0.5, 0.6) is 0 Å². The molecule has 0 saturated heterocycles. The first kappa shape index (κ1) is 16.6. The van der Waals surface area contributed by atoms with E-state index in [9.17, 15) is 9.59 Å². The first-order valence-corrected chi connectivity index (χ1v) is 7.12. The van der Waals surface area contributed by atoms with Crippen molar-refractivity contribution < 1.29 is 9.59 Å². The number of amides is 1. The molecule has 0 fully saturated rings. The van der Waals surface area contributed by atoms with E-state index in [4.69, 9.17) is 16.9 Å². The van der Waals surface area contributed by atoms with Crippen LogP contribution in [0.3, 0.4) is 0 Å². The third-order valence-electron chi connectivity index (χ3n) is 3.19. The van der Waals surface area contributed by atoms with Gasteiger partial charge in [-0.15, -0.1) is 0 Å². The normalized spacial score (nSPS) is 11.6. The van der Waals surface area contributed by atoms with Crippen LogP contribution in [0.4, 0.5) is 0 Å². The van der Waals surface area contributed by atoms with Gasteiger partial charge in [0, 0.05) is 12.7 Å². The van der Waals surface area contributed by atoms with Gasteiger partial charge in [0.15, 0.2) is 11.7 Å². The van der Waals surface area contributed by atoms with Crippen LogP contribution in [0.15, 0.2) is 18.2 Å². The van der Waals surface area contributed by atoms with Gasteiger partial charge in [0.25, 0.3) is 0 Å². The highest BCUT2D eigenvalue weighted by Crippen LogP contribution is 2.20. The van der Waals surface area contributed by atoms with Gasteiger partial charge in [-0.25, -0.2) is 9.67 Å². The van der Waals surface area contributed by atoms with Crippen molar-refractivity contribution in [2.24, 2.45) is 5.92 Å². The maximum atomic E-state index is 12.4. The Bertz CT molecular complexity index is 822. The zero-order chi connectivity index (χ0) is 17.1. The van der Waals surface area contributed by atoms with Crippen LogP contribution in [-0.2, 0) is 4.79 Å². The average molecular weight is 332 g/mol. The molecule has 0 saturated carbocycles. The van der Waals surface area contributed by atoms with E-state index in [0.29, 0.717) is 5.82 Å². The Kier molecular flexibility index (Phi) is 4.77. The molecule has 23 heavy (non-hydrogen) atoms. The number of aromatic nitrogens is 3. The van der Waals surface area contributed by atoms with Crippen LogP contribution in [0.2, 0.25) is 5.02 Å². The van der Waals surface area contributed by atoms with Crippen LogP contribution in [-0.4, -0.2) is 33.5 Å². The molecular weight excluding hydrogens is 318 g/mol. The van der Waals surface area contributed by atoms with Crippen LogP contribution in [0, 0.1) is 31.1 Å². The molecule has 0 aliphatic rings. The molecule has 0 aliphatic carbocycles. The largest absolute Gasteiger partial charge is 0.358 e. The smallest absolute Gasteiger partial charge is 0.245 e. The maximum absolute atomic E-state index is 12.4. The number of hydrogen-bond donors (Lipinski definition) is 1. The van der Waals surface area contributed by atoms with E-state index in [1.165, 1.54) is 13.1 Å².